The quantitative estimate of drug-likeness (QED) is 0.559. The molecule has 0 unspecified atom stereocenters. The highest BCUT2D eigenvalue weighted by Crippen LogP contribution is 2.25. The number of benzene rings is 1. The van der Waals surface area contributed by atoms with Crippen LogP contribution in [0, 0.1) is 0 Å². The number of imidazole rings is 1. The maximum Gasteiger partial charge on any atom is 0.180 e. The summed E-state index contributed by atoms with van der Waals surface area (Å²) >= 11 is 0. The van der Waals surface area contributed by atoms with Crippen molar-refractivity contribution in [1.82, 2.24) is 19.3 Å². The van der Waals surface area contributed by atoms with Crippen molar-refractivity contribution >= 4 is 11.5 Å². The van der Waals surface area contributed by atoms with Gasteiger partial charge in [0, 0.05) is 44.1 Å². The normalized spacial score (nSPS) is 15.5. The van der Waals surface area contributed by atoms with E-state index in [1.54, 1.807) is 6.26 Å². The Labute approximate surface area is 157 Å². The molecule has 6 nitrogen and oxygen atoms in total. The van der Waals surface area contributed by atoms with E-state index in [0.717, 1.165) is 61.2 Å². The maximum atomic E-state index is 5.47. The van der Waals surface area contributed by atoms with Crippen molar-refractivity contribution in [1.29, 1.82) is 0 Å². The van der Waals surface area contributed by atoms with Gasteiger partial charge in [0.1, 0.15) is 5.76 Å². The fourth-order valence-electron chi connectivity index (χ4n) is 3.69. The molecule has 0 radical (unpaired) electrons. The molecule has 1 aromatic carbocycles. The monoisotopic (exact) mass is 359 g/mol. The largest absolute Gasteiger partial charge is 0.468 e. The zero-order valence-electron chi connectivity index (χ0n) is 15.0. The maximum absolute atomic E-state index is 5.47. The molecule has 0 spiro atoms. The van der Waals surface area contributed by atoms with Gasteiger partial charge in [-0.2, -0.15) is 0 Å². The van der Waals surface area contributed by atoms with Gasteiger partial charge in [0.15, 0.2) is 11.5 Å². The predicted molar refractivity (Wildman–Crippen MR) is 105 cm³/mol. The average Bonchev–Trinajstić information content (AvgIpc) is 3.39. The van der Waals surface area contributed by atoms with Crippen molar-refractivity contribution in [2.24, 2.45) is 0 Å². The van der Waals surface area contributed by atoms with Gasteiger partial charge >= 0.3 is 0 Å². The van der Waals surface area contributed by atoms with E-state index in [9.17, 15) is 0 Å². The fourth-order valence-corrected chi connectivity index (χ4v) is 3.69. The van der Waals surface area contributed by atoms with Gasteiger partial charge in [-0.1, -0.05) is 30.3 Å². The number of hydrogen-bond donors (Lipinski definition) is 0. The Kier molecular flexibility index (Phi) is 4.10. The van der Waals surface area contributed by atoms with E-state index in [1.165, 1.54) is 0 Å². The van der Waals surface area contributed by atoms with E-state index in [1.807, 2.05) is 36.8 Å². The van der Waals surface area contributed by atoms with Crippen molar-refractivity contribution in [3.63, 3.8) is 0 Å². The third-order valence-corrected chi connectivity index (χ3v) is 5.11. The second-order valence-electron chi connectivity index (χ2n) is 6.80. The lowest BCUT2D eigenvalue weighted by molar-refractivity contribution is 0.230. The van der Waals surface area contributed by atoms with Crippen molar-refractivity contribution in [3.8, 4) is 11.3 Å². The smallest absolute Gasteiger partial charge is 0.180 e. The Morgan fingerprint density at radius 3 is 2.56 bits per heavy atom. The van der Waals surface area contributed by atoms with Crippen LogP contribution in [0.2, 0.25) is 0 Å². The highest BCUT2D eigenvalue weighted by molar-refractivity contribution is 5.71. The second-order valence-corrected chi connectivity index (χ2v) is 6.80. The number of hydrogen-bond acceptors (Lipinski definition) is 5. The number of furan rings is 1. The van der Waals surface area contributed by atoms with Crippen LogP contribution >= 0.6 is 0 Å². The summed E-state index contributed by atoms with van der Waals surface area (Å²) < 4.78 is 7.60. The van der Waals surface area contributed by atoms with Gasteiger partial charge < -0.3 is 9.32 Å². The van der Waals surface area contributed by atoms with Crippen LogP contribution in [0.3, 0.4) is 0 Å². The molecule has 1 aliphatic rings. The standard InChI is InChI=1S/C21H21N5O/c1-2-5-17(6-3-1)19-15-23-21-20(22-8-9-26(19)21)25-12-10-24(11-13-25)16-18-7-4-14-27-18/h1-9,14-15H,10-13,16H2. The van der Waals surface area contributed by atoms with E-state index in [4.69, 9.17) is 4.42 Å². The van der Waals surface area contributed by atoms with Gasteiger partial charge in [-0.3, -0.25) is 9.30 Å². The molecule has 0 amide bonds. The van der Waals surface area contributed by atoms with E-state index >= 15 is 0 Å². The molecule has 1 fully saturated rings. The molecule has 0 atom stereocenters. The zero-order valence-corrected chi connectivity index (χ0v) is 15.0. The summed E-state index contributed by atoms with van der Waals surface area (Å²) in [7, 11) is 0. The number of rotatable bonds is 4. The van der Waals surface area contributed by atoms with Crippen molar-refractivity contribution in [2.45, 2.75) is 6.54 Å². The topological polar surface area (TPSA) is 49.8 Å². The Morgan fingerprint density at radius 1 is 0.926 bits per heavy atom. The molecule has 4 aromatic rings. The SMILES string of the molecule is c1ccc(-c2cnc3c(N4CCN(Cc5ccco5)CC4)nccn23)cc1. The number of anilines is 1. The Bertz CT molecular complexity index is 1020. The summed E-state index contributed by atoms with van der Waals surface area (Å²) in [4.78, 5) is 14.1. The summed E-state index contributed by atoms with van der Waals surface area (Å²) in [5.41, 5.74) is 3.16. The lowest BCUT2D eigenvalue weighted by atomic mass is 10.2. The molecule has 1 saturated heterocycles. The first-order valence-corrected chi connectivity index (χ1v) is 9.26. The molecule has 3 aromatic heterocycles. The number of fused-ring (bicyclic) bond motifs is 1. The fraction of sp³-hybridized carbons (Fsp3) is 0.238. The highest BCUT2D eigenvalue weighted by Gasteiger charge is 2.21. The van der Waals surface area contributed by atoms with Gasteiger partial charge in [0.25, 0.3) is 0 Å². The first kappa shape index (κ1) is 16.1. The Hall–Kier alpha value is -3.12. The van der Waals surface area contributed by atoms with Crippen LogP contribution in [0.25, 0.3) is 16.9 Å². The molecule has 1 aliphatic heterocycles. The third kappa shape index (κ3) is 3.08. The van der Waals surface area contributed by atoms with Gasteiger partial charge in [-0.05, 0) is 12.1 Å². The van der Waals surface area contributed by atoms with Crippen LogP contribution < -0.4 is 4.90 Å². The summed E-state index contributed by atoms with van der Waals surface area (Å²) in [6.07, 6.45) is 7.52. The van der Waals surface area contributed by atoms with Crippen molar-refractivity contribution in [2.75, 3.05) is 31.1 Å². The van der Waals surface area contributed by atoms with Gasteiger partial charge in [-0.15, -0.1) is 0 Å². The average molecular weight is 359 g/mol. The molecule has 0 saturated carbocycles. The predicted octanol–water partition coefficient (Wildman–Crippen LogP) is 3.31. The summed E-state index contributed by atoms with van der Waals surface area (Å²) in [6, 6.07) is 14.3. The number of nitrogens with zero attached hydrogens (tertiary/aromatic N) is 5. The first-order chi connectivity index (χ1) is 13.4. The molecule has 27 heavy (non-hydrogen) atoms. The van der Waals surface area contributed by atoms with Gasteiger partial charge in [0.2, 0.25) is 0 Å². The lowest BCUT2D eigenvalue weighted by Gasteiger charge is -2.34. The van der Waals surface area contributed by atoms with Crippen LogP contribution in [0.5, 0.6) is 0 Å². The van der Waals surface area contributed by atoms with Crippen LogP contribution in [0.1, 0.15) is 5.76 Å². The minimum atomic E-state index is 0.861. The highest BCUT2D eigenvalue weighted by atomic mass is 16.3. The van der Waals surface area contributed by atoms with Gasteiger partial charge in [0.05, 0.1) is 24.7 Å². The Morgan fingerprint density at radius 2 is 1.78 bits per heavy atom. The molecular formula is C21H21N5O. The Balaban J connectivity index is 1.37. The van der Waals surface area contributed by atoms with Crippen LogP contribution in [0.15, 0.2) is 71.7 Å². The van der Waals surface area contributed by atoms with E-state index in [2.05, 4.69) is 48.4 Å². The van der Waals surface area contributed by atoms with E-state index in [0.29, 0.717) is 0 Å². The van der Waals surface area contributed by atoms with Crippen LogP contribution in [0.4, 0.5) is 5.82 Å². The number of aromatic nitrogens is 3. The summed E-state index contributed by atoms with van der Waals surface area (Å²) in [5, 5.41) is 0. The molecule has 4 heterocycles. The zero-order chi connectivity index (χ0) is 18.1. The molecule has 0 aliphatic carbocycles. The van der Waals surface area contributed by atoms with E-state index in [-0.39, 0.29) is 0 Å². The molecule has 5 rings (SSSR count). The molecular weight excluding hydrogens is 338 g/mol. The minimum Gasteiger partial charge on any atom is -0.468 e. The third-order valence-electron chi connectivity index (χ3n) is 5.11. The van der Waals surface area contributed by atoms with Crippen molar-refractivity contribution in [3.05, 3.63) is 73.1 Å². The molecule has 0 bridgehead atoms. The molecule has 6 heteroatoms. The van der Waals surface area contributed by atoms with Gasteiger partial charge in [-0.25, -0.2) is 9.97 Å². The summed E-state index contributed by atoms with van der Waals surface area (Å²) in [5.74, 6) is 1.97. The van der Waals surface area contributed by atoms with Crippen LogP contribution in [-0.4, -0.2) is 45.4 Å². The van der Waals surface area contributed by atoms with E-state index < -0.39 is 0 Å². The number of piperazine rings is 1. The lowest BCUT2D eigenvalue weighted by Crippen LogP contribution is -2.46. The molecule has 136 valence electrons. The van der Waals surface area contributed by atoms with Crippen LogP contribution in [-0.2, 0) is 6.54 Å². The summed E-state index contributed by atoms with van der Waals surface area (Å²) in [6.45, 7) is 4.69. The first-order valence-electron chi connectivity index (χ1n) is 9.26. The molecule has 0 N–H and O–H groups in total. The minimum absolute atomic E-state index is 0.861. The van der Waals surface area contributed by atoms with Crippen molar-refractivity contribution < 1.29 is 4.42 Å². The second kappa shape index (κ2) is 6.89.